The van der Waals surface area contributed by atoms with Crippen LogP contribution in [0, 0.1) is 59.1 Å². The molecule has 6 saturated carbocycles. The summed E-state index contributed by atoms with van der Waals surface area (Å²) >= 11 is 1.10. The minimum Gasteiger partial charge on any atom is -0.511 e. The zero-order valence-corrected chi connectivity index (χ0v) is 24.2. The summed E-state index contributed by atoms with van der Waals surface area (Å²) < 4.78 is 68.0. The summed E-state index contributed by atoms with van der Waals surface area (Å²) in [6.45, 7) is 0.226. The zero-order chi connectivity index (χ0) is 28.3. The van der Waals surface area contributed by atoms with Gasteiger partial charge < -0.3 is 15.3 Å². The van der Waals surface area contributed by atoms with Crippen molar-refractivity contribution in [2.45, 2.75) is 23.9 Å². The quantitative estimate of drug-likeness (QED) is 0.511. The first-order chi connectivity index (χ1) is 19.5. The monoisotopic (exact) mass is 615 g/mol. The van der Waals surface area contributed by atoms with Crippen LogP contribution in [-0.4, -0.2) is 56.6 Å². The number of aliphatic hydroxyl groups excluding tert-OH is 1. The first-order valence-corrected chi connectivity index (χ1v) is 18.2. The van der Waals surface area contributed by atoms with Gasteiger partial charge in [0.05, 0.1) is 5.75 Å². The Labute approximate surface area is 240 Å². The topological polar surface area (TPSA) is 133 Å². The van der Waals surface area contributed by atoms with Crippen LogP contribution in [-0.2, 0) is 37.6 Å². The van der Waals surface area contributed by atoms with Crippen LogP contribution in [0.5, 0.6) is 0 Å². The van der Waals surface area contributed by atoms with Gasteiger partial charge in [-0.25, -0.2) is 12.8 Å². The number of carbonyl (C=O) groups excluding carboxylic acids is 1. The number of nitrogens with one attached hydrogen (secondary N) is 1. The third-order valence-electron chi connectivity index (χ3n) is 11.0. The number of thiophene rings is 1. The molecule has 2 aliphatic heterocycles. The van der Waals surface area contributed by atoms with Gasteiger partial charge in [0.2, 0.25) is 0 Å². The van der Waals surface area contributed by atoms with E-state index in [1.165, 1.54) is 12.1 Å². The van der Waals surface area contributed by atoms with E-state index in [1.54, 1.807) is 22.4 Å². The second kappa shape index (κ2) is 7.59. The molecule has 41 heavy (non-hydrogen) atoms. The highest BCUT2D eigenvalue weighted by Crippen LogP contribution is 2.93. The molecule has 0 saturated heterocycles. The van der Waals surface area contributed by atoms with Crippen molar-refractivity contribution in [1.29, 1.82) is 0 Å². The molecule has 0 spiro atoms. The van der Waals surface area contributed by atoms with E-state index in [9.17, 15) is 31.1 Å². The number of nitrogens with zero attached hydrogens (tertiary/aromatic N) is 2. The molecule has 1 amide bonds. The highest BCUT2D eigenvalue weighted by Gasteiger charge is 2.92. The summed E-state index contributed by atoms with van der Waals surface area (Å²) in [5, 5.41) is 16.7. The third kappa shape index (κ3) is 3.14. The Morgan fingerprint density at radius 2 is 1.68 bits per heavy atom. The molecular formula is C28H26FN3O6S3. The Bertz CT molecular complexity index is 1840. The molecule has 1 aromatic carbocycles. The molecule has 10 rings (SSSR count). The van der Waals surface area contributed by atoms with Gasteiger partial charge in [-0.05, 0) is 82.4 Å². The predicted octanol–water partition coefficient (Wildman–Crippen LogP) is 2.82. The van der Waals surface area contributed by atoms with Crippen LogP contribution in [0.1, 0.15) is 11.1 Å². The van der Waals surface area contributed by atoms with Gasteiger partial charge in [-0.15, -0.1) is 15.7 Å². The van der Waals surface area contributed by atoms with E-state index in [0.29, 0.717) is 47.0 Å². The van der Waals surface area contributed by atoms with Gasteiger partial charge >= 0.3 is 0 Å². The zero-order valence-electron chi connectivity index (χ0n) is 21.8. The Kier molecular flexibility index (Phi) is 4.59. The predicted molar refractivity (Wildman–Crippen MR) is 148 cm³/mol. The first-order valence-electron chi connectivity index (χ1n) is 13.9. The molecule has 2 aromatic rings. The smallest absolute Gasteiger partial charge is 0.287 e. The number of rotatable bonds is 6. The van der Waals surface area contributed by atoms with E-state index >= 15 is 0 Å². The van der Waals surface area contributed by atoms with E-state index in [0.717, 1.165) is 23.2 Å². The number of benzene rings is 1. The largest absolute Gasteiger partial charge is 0.511 e. The van der Waals surface area contributed by atoms with Crippen LogP contribution in [0.4, 0.5) is 9.39 Å². The molecule has 6 fully saturated rings. The van der Waals surface area contributed by atoms with E-state index in [-0.39, 0.29) is 69.5 Å². The molecule has 0 radical (unpaired) electrons. The average molecular weight is 616 g/mol. The minimum absolute atomic E-state index is 0.0228. The van der Waals surface area contributed by atoms with E-state index in [2.05, 4.69) is 9.71 Å². The molecule has 6 aliphatic carbocycles. The van der Waals surface area contributed by atoms with Gasteiger partial charge in [0.1, 0.15) is 36.9 Å². The number of anilines is 1. The minimum atomic E-state index is -4.28. The molecule has 1 aromatic heterocycles. The standard InChI is InChI=1S/C28H26FN3O6S3/c1-40(35,36)7-6-11-9-39-27-25(11)41(37,38)31-26(30-27)22-24(33)21-19-15-13-14-16(19)18(14)20(17(13)15)23(21)32(28(22)34)8-10-2-4-12(29)5-3-10/h2-5,9,13-21,23,33H,6-8H2,1H3,(H,30,31). The maximum Gasteiger partial charge on any atom is 0.287 e. The van der Waals surface area contributed by atoms with Gasteiger partial charge in [0, 0.05) is 24.8 Å². The lowest BCUT2D eigenvalue weighted by Crippen LogP contribution is -2.61. The third-order valence-corrected chi connectivity index (χ3v) is 14.4. The summed E-state index contributed by atoms with van der Waals surface area (Å²) in [6, 6.07) is 5.85. The lowest BCUT2D eigenvalue weighted by atomic mass is 9.59. The number of sulfone groups is 1. The SMILES string of the molecule is CS(=O)(=O)CCc1csc2c1S(=O)(=O)N=C(C1=C(O)C3C4C5C6C7C4C7C(C56)C3N(Cc3ccc(F)cc3)C1=O)N2. The molecule has 8 aliphatic rings. The van der Waals surface area contributed by atoms with Crippen LogP contribution in [0.15, 0.2) is 50.3 Å². The number of hydrogen-bond donors (Lipinski definition) is 2. The normalized spacial score (nSPS) is 39.7. The van der Waals surface area contributed by atoms with Crippen LogP contribution in [0.2, 0.25) is 0 Å². The Balaban J connectivity index is 1.13. The lowest BCUT2D eigenvalue weighted by Gasteiger charge is -2.54. The van der Waals surface area contributed by atoms with Crippen molar-refractivity contribution >= 4 is 47.9 Å². The summed E-state index contributed by atoms with van der Waals surface area (Å²) in [4.78, 5) is 16.0. The second-order valence-electron chi connectivity index (χ2n) is 12.8. The maximum atomic E-state index is 14.3. The number of sulfonamides is 1. The summed E-state index contributed by atoms with van der Waals surface area (Å²) in [6.07, 6.45) is 1.12. The van der Waals surface area contributed by atoms with Gasteiger partial charge in [-0.1, -0.05) is 12.1 Å². The highest BCUT2D eigenvalue weighted by atomic mass is 32.2. The highest BCUT2D eigenvalue weighted by molar-refractivity contribution is 7.91. The second-order valence-corrected chi connectivity index (χ2v) is 17.5. The van der Waals surface area contributed by atoms with Crippen molar-refractivity contribution in [2.24, 2.45) is 57.7 Å². The number of amides is 1. The van der Waals surface area contributed by atoms with Crippen LogP contribution < -0.4 is 5.32 Å². The number of fused-ring (bicyclic) bond motifs is 1. The van der Waals surface area contributed by atoms with Gasteiger partial charge in [-0.2, -0.15) is 8.42 Å². The van der Waals surface area contributed by atoms with Gasteiger partial charge in [0.15, 0.2) is 5.84 Å². The summed E-state index contributed by atoms with van der Waals surface area (Å²) in [5.74, 6) is 2.70. The van der Waals surface area contributed by atoms with Crippen LogP contribution in [0.3, 0.4) is 0 Å². The number of halogens is 1. The van der Waals surface area contributed by atoms with Crippen molar-refractivity contribution in [3.8, 4) is 0 Å². The molecule has 3 heterocycles. The first kappa shape index (κ1) is 24.8. The van der Waals surface area contributed by atoms with Crippen molar-refractivity contribution in [3.05, 3.63) is 57.9 Å². The molecule has 9 nitrogen and oxygen atoms in total. The average Bonchev–Trinajstić information content (AvgIpc) is 3.68. The van der Waals surface area contributed by atoms with Crippen molar-refractivity contribution in [1.82, 2.24) is 4.90 Å². The fourth-order valence-electron chi connectivity index (χ4n) is 9.87. The maximum absolute atomic E-state index is 14.3. The lowest BCUT2D eigenvalue weighted by molar-refractivity contribution is -0.141. The number of carbonyl (C=O) groups is 1. The Hall–Kier alpha value is -2.77. The van der Waals surface area contributed by atoms with E-state index < -0.39 is 25.8 Å². The fourth-order valence-corrected chi connectivity index (χ4v) is 13.1. The molecule has 8 unspecified atom stereocenters. The molecule has 8 atom stereocenters. The van der Waals surface area contributed by atoms with E-state index in [1.807, 2.05) is 0 Å². The van der Waals surface area contributed by atoms with Crippen molar-refractivity contribution < 1.29 is 31.1 Å². The number of aryl methyl sites for hydroxylation is 1. The number of hydrogen-bond acceptors (Lipinski definition) is 8. The number of amidine groups is 1. The molecule has 13 heteroatoms. The van der Waals surface area contributed by atoms with Crippen LogP contribution in [0.25, 0.3) is 0 Å². The Morgan fingerprint density at radius 3 is 2.34 bits per heavy atom. The molecule has 214 valence electrons. The summed E-state index contributed by atoms with van der Waals surface area (Å²) in [5.41, 5.74) is 0.990. The summed E-state index contributed by atoms with van der Waals surface area (Å²) in [7, 11) is -7.60. The molecular weight excluding hydrogens is 590 g/mol. The molecule has 2 bridgehead atoms. The van der Waals surface area contributed by atoms with Crippen LogP contribution >= 0.6 is 11.3 Å². The number of aliphatic hydroxyl groups is 1. The van der Waals surface area contributed by atoms with Crippen molar-refractivity contribution in [2.75, 3.05) is 17.3 Å². The van der Waals surface area contributed by atoms with Crippen molar-refractivity contribution in [3.63, 3.8) is 0 Å². The fraction of sp³-hybridized carbons (Fsp3) is 0.500. The molecule has 2 N–H and O–H groups in total. The van der Waals surface area contributed by atoms with Gasteiger partial charge in [0.25, 0.3) is 15.9 Å². The van der Waals surface area contributed by atoms with E-state index in [4.69, 9.17) is 0 Å². The Morgan fingerprint density at radius 1 is 1.05 bits per heavy atom. The van der Waals surface area contributed by atoms with Gasteiger partial charge in [-0.3, -0.25) is 4.79 Å².